The molecule has 0 unspecified atom stereocenters. The van der Waals surface area contributed by atoms with Crippen LogP contribution >= 0.6 is 0 Å². The van der Waals surface area contributed by atoms with Crippen LogP contribution in [-0.4, -0.2) is 19.9 Å². The van der Waals surface area contributed by atoms with Crippen molar-refractivity contribution in [3.63, 3.8) is 0 Å². The van der Waals surface area contributed by atoms with Gasteiger partial charge in [-0.15, -0.1) is 0 Å². The highest BCUT2D eigenvalue weighted by Gasteiger charge is 2.10. The lowest BCUT2D eigenvalue weighted by Crippen LogP contribution is -2.04. The molecule has 0 radical (unpaired) electrons. The molecule has 0 saturated heterocycles. The van der Waals surface area contributed by atoms with Gasteiger partial charge in [-0.05, 0) is 30.2 Å². The molecule has 5 heteroatoms. The van der Waals surface area contributed by atoms with Crippen LogP contribution in [0.25, 0.3) is 33.8 Å². The van der Waals surface area contributed by atoms with Gasteiger partial charge in [-0.2, -0.15) is 0 Å². The van der Waals surface area contributed by atoms with Gasteiger partial charge in [-0.3, -0.25) is 9.97 Å². The predicted octanol–water partition coefficient (Wildman–Crippen LogP) is 6.19. The predicted molar refractivity (Wildman–Crippen MR) is 132 cm³/mol. The number of anilines is 1. The molecule has 0 bridgehead atoms. The third-order valence-electron chi connectivity index (χ3n) is 5.37. The van der Waals surface area contributed by atoms with E-state index in [0.717, 1.165) is 39.3 Å². The first-order valence-electron chi connectivity index (χ1n) is 10.8. The standard InChI is InChI=1S/C28H23N5/c1-20-9-11-22(12-10-20)24-14-25(19-30-18-24)26-15-27(31-17-21-6-5-13-29-16-21)33-28(32-26)23-7-3-2-4-8-23/h2-16,18-19H,17H2,1H3,(H,31,32,33). The first-order chi connectivity index (χ1) is 16.2. The largest absolute Gasteiger partial charge is 0.366 e. The second-order valence-electron chi connectivity index (χ2n) is 7.87. The number of hydrogen-bond donors (Lipinski definition) is 1. The maximum atomic E-state index is 4.87. The number of aryl methyl sites for hydroxylation is 1. The highest BCUT2D eigenvalue weighted by Crippen LogP contribution is 2.28. The molecule has 0 spiro atoms. The van der Waals surface area contributed by atoms with Gasteiger partial charge in [0.1, 0.15) is 5.82 Å². The summed E-state index contributed by atoms with van der Waals surface area (Å²) in [7, 11) is 0. The van der Waals surface area contributed by atoms with Crippen molar-refractivity contribution < 1.29 is 0 Å². The maximum absolute atomic E-state index is 4.87. The zero-order valence-electron chi connectivity index (χ0n) is 18.3. The van der Waals surface area contributed by atoms with Crippen molar-refractivity contribution in [3.8, 4) is 33.8 Å². The fourth-order valence-electron chi connectivity index (χ4n) is 3.58. The molecule has 0 aliphatic rings. The zero-order valence-corrected chi connectivity index (χ0v) is 18.3. The molecule has 0 amide bonds. The van der Waals surface area contributed by atoms with E-state index < -0.39 is 0 Å². The normalized spacial score (nSPS) is 10.7. The third kappa shape index (κ3) is 4.93. The second-order valence-corrected chi connectivity index (χ2v) is 7.87. The Morgan fingerprint density at radius 3 is 2.27 bits per heavy atom. The molecule has 0 saturated carbocycles. The molecule has 0 fully saturated rings. The van der Waals surface area contributed by atoms with Crippen LogP contribution in [0.1, 0.15) is 11.1 Å². The van der Waals surface area contributed by atoms with Crippen LogP contribution in [-0.2, 0) is 6.54 Å². The van der Waals surface area contributed by atoms with Gasteiger partial charge in [0.2, 0.25) is 0 Å². The Balaban J connectivity index is 1.53. The second kappa shape index (κ2) is 9.40. The van der Waals surface area contributed by atoms with Crippen molar-refractivity contribution in [1.82, 2.24) is 19.9 Å². The number of pyridine rings is 2. The molecule has 33 heavy (non-hydrogen) atoms. The quantitative estimate of drug-likeness (QED) is 0.349. The molecule has 3 heterocycles. The Kier molecular flexibility index (Phi) is 5.85. The summed E-state index contributed by atoms with van der Waals surface area (Å²) < 4.78 is 0. The zero-order chi connectivity index (χ0) is 22.5. The minimum atomic E-state index is 0.625. The fourth-order valence-corrected chi connectivity index (χ4v) is 3.58. The van der Waals surface area contributed by atoms with Crippen LogP contribution in [0, 0.1) is 6.92 Å². The van der Waals surface area contributed by atoms with E-state index in [4.69, 9.17) is 9.97 Å². The highest BCUT2D eigenvalue weighted by molar-refractivity contribution is 5.72. The molecule has 0 aliphatic carbocycles. The first kappa shape index (κ1) is 20.5. The van der Waals surface area contributed by atoms with E-state index in [2.05, 4.69) is 52.5 Å². The van der Waals surface area contributed by atoms with Crippen molar-refractivity contribution in [2.75, 3.05) is 5.32 Å². The molecular weight excluding hydrogens is 406 g/mol. The van der Waals surface area contributed by atoms with Gasteiger partial charge < -0.3 is 5.32 Å². The number of aromatic nitrogens is 4. The number of nitrogens with zero attached hydrogens (tertiary/aromatic N) is 4. The van der Waals surface area contributed by atoms with Crippen molar-refractivity contribution in [1.29, 1.82) is 0 Å². The van der Waals surface area contributed by atoms with Crippen molar-refractivity contribution >= 4 is 5.82 Å². The number of rotatable bonds is 6. The van der Waals surface area contributed by atoms with E-state index in [9.17, 15) is 0 Å². The summed E-state index contributed by atoms with van der Waals surface area (Å²) in [6.45, 7) is 2.71. The minimum absolute atomic E-state index is 0.625. The van der Waals surface area contributed by atoms with Crippen molar-refractivity contribution in [3.05, 3.63) is 115 Å². The molecular formula is C28H23N5. The monoisotopic (exact) mass is 429 g/mol. The van der Waals surface area contributed by atoms with Gasteiger partial charge in [-0.25, -0.2) is 9.97 Å². The first-order valence-corrected chi connectivity index (χ1v) is 10.8. The van der Waals surface area contributed by atoms with E-state index in [0.29, 0.717) is 12.4 Å². The third-order valence-corrected chi connectivity index (χ3v) is 5.37. The molecule has 5 rings (SSSR count). The Morgan fingerprint density at radius 2 is 1.48 bits per heavy atom. The van der Waals surface area contributed by atoms with E-state index in [1.807, 2.05) is 67.1 Å². The summed E-state index contributed by atoms with van der Waals surface area (Å²) >= 11 is 0. The van der Waals surface area contributed by atoms with Crippen molar-refractivity contribution in [2.45, 2.75) is 13.5 Å². The van der Waals surface area contributed by atoms with E-state index in [1.54, 1.807) is 6.20 Å². The molecule has 160 valence electrons. The Morgan fingerprint density at radius 1 is 0.667 bits per heavy atom. The lowest BCUT2D eigenvalue weighted by Gasteiger charge is -2.11. The molecule has 0 aliphatic heterocycles. The summed E-state index contributed by atoms with van der Waals surface area (Å²) in [5, 5.41) is 3.42. The Labute approximate surface area is 193 Å². The maximum Gasteiger partial charge on any atom is 0.162 e. The Hall–Kier alpha value is -4.38. The highest BCUT2D eigenvalue weighted by atomic mass is 15.0. The molecule has 1 N–H and O–H groups in total. The topological polar surface area (TPSA) is 63.6 Å². The average molecular weight is 430 g/mol. The van der Waals surface area contributed by atoms with Crippen LogP contribution in [0.15, 0.2) is 104 Å². The van der Waals surface area contributed by atoms with E-state index >= 15 is 0 Å². The summed E-state index contributed by atoms with van der Waals surface area (Å²) in [6.07, 6.45) is 7.35. The lowest BCUT2D eigenvalue weighted by atomic mass is 10.0. The van der Waals surface area contributed by atoms with Crippen LogP contribution in [0.2, 0.25) is 0 Å². The number of benzene rings is 2. The van der Waals surface area contributed by atoms with Gasteiger partial charge in [0.15, 0.2) is 5.82 Å². The van der Waals surface area contributed by atoms with Gasteiger partial charge in [0, 0.05) is 54.1 Å². The van der Waals surface area contributed by atoms with E-state index in [1.165, 1.54) is 5.56 Å². The molecule has 2 aromatic carbocycles. The Bertz CT molecular complexity index is 1350. The van der Waals surface area contributed by atoms with Gasteiger partial charge in [0.25, 0.3) is 0 Å². The van der Waals surface area contributed by atoms with Crippen LogP contribution < -0.4 is 5.32 Å². The summed E-state index contributed by atoms with van der Waals surface area (Å²) in [4.78, 5) is 18.3. The van der Waals surface area contributed by atoms with Gasteiger partial charge >= 0.3 is 0 Å². The average Bonchev–Trinajstić information content (AvgIpc) is 2.89. The summed E-state index contributed by atoms with van der Waals surface area (Å²) in [6, 6.07) is 26.5. The fraction of sp³-hybridized carbons (Fsp3) is 0.0714. The smallest absolute Gasteiger partial charge is 0.162 e. The van der Waals surface area contributed by atoms with E-state index in [-0.39, 0.29) is 0 Å². The SMILES string of the molecule is Cc1ccc(-c2cncc(-c3cc(NCc4cccnc4)nc(-c4ccccc4)n3)c2)cc1. The van der Waals surface area contributed by atoms with Crippen molar-refractivity contribution in [2.24, 2.45) is 0 Å². The number of hydrogen-bond acceptors (Lipinski definition) is 5. The minimum Gasteiger partial charge on any atom is -0.366 e. The van der Waals surface area contributed by atoms with Gasteiger partial charge in [-0.1, -0.05) is 66.2 Å². The van der Waals surface area contributed by atoms with Crippen LogP contribution in [0.5, 0.6) is 0 Å². The van der Waals surface area contributed by atoms with Crippen LogP contribution in [0.3, 0.4) is 0 Å². The summed E-state index contributed by atoms with van der Waals surface area (Å²) in [5.74, 6) is 1.42. The lowest BCUT2D eigenvalue weighted by molar-refractivity contribution is 1.07. The van der Waals surface area contributed by atoms with Gasteiger partial charge in [0.05, 0.1) is 5.69 Å². The number of nitrogens with one attached hydrogen (secondary N) is 1. The molecule has 5 aromatic rings. The summed E-state index contributed by atoms with van der Waals surface area (Å²) in [5.41, 5.74) is 7.22. The molecule has 5 nitrogen and oxygen atoms in total. The molecule has 0 atom stereocenters. The van der Waals surface area contributed by atoms with Crippen LogP contribution in [0.4, 0.5) is 5.82 Å². The molecule has 3 aromatic heterocycles.